The molecule has 1 heterocycles. The Bertz CT molecular complexity index is 1060. The average Bonchev–Trinajstić information content (AvgIpc) is 3.02. The second-order valence-electron chi connectivity index (χ2n) is 8.70. The van der Waals surface area contributed by atoms with Gasteiger partial charge in [0.05, 0.1) is 6.61 Å². The topological polar surface area (TPSA) is 12.5 Å². The monoisotopic (exact) mass is 457 g/mol. The molecule has 0 unspecified atom stereocenters. The maximum atomic E-state index is 5.84. The van der Waals surface area contributed by atoms with Gasteiger partial charge in [-0.15, -0.1) is 12.4 Å². The first-order valence-corrected chi connectivity index (χ1v) is 11.9. The fourth-order valence-electron chi connectivity index (χ4n) is 4.89. The number of ether oxygens (including phenoxy) is 1. The molecule has 0 atom stereocenters. The lowest BCUT2D eigenvalue weighted by atomic mass is 9.86. The van der Waals surface area contributed by atoms with Crippen LogP contribution in [-0.2, 0) is 0 Å². The molecule has 3 aromatic carbocycles. The van der Waals surface area contributed by atoms with Crippen LogP contribution < -0.4 is 4.74 Å². The summed E-state index contributed by atoms with van der Waals surface area (Å²) in [6.45, 7) is 4.26. The van der Waals surface area contributed by atoms with Crippen LogP contribution in [0.1, 0.15) is 47.9 Å². The number of hydrogen-bond acceptors (Lipinski definition) is 2. The summed E-state index contributed by atoms with van der Waals surface area (Å²) in [6, 6.07) is 27.8. The molecule has 0 saturated carbocycles. The Kier molecular flexibility index (Phi) is 8.04. The zero-order valence-electron chi connectivity index (χ0n) is 19.1. The summed E-state index contributed by atoms with van der Waals surface area (Å²) < 4.78 is 5.84. The summed E-state index contributed by atoms with van der Waals surface area (Å²) in [6.07, 6.45) is 9.14. The third kappa shape index (κ3) is 5.58. The highest BCUT2D eigenvalue weighted by Crippen LogP contribution is 2.38. The van der Waals surface area contributed by atoms with Crippen LogP contribution in [0.25, 0.3) is 17.7 Å². The van der Waals surface area contributed by atoms with Crippen LogP contribution in [0.5, 0.6) is 5.75 Å². The molecule has 1 aliphatic heterocycles. The molecule has 1 fully saturated rings. The van der Waals surface area contributed by atoms with Gasteiger partial charge in [-0.2, -0.15) is 0 Å². The molecule has 2 aliphatic rings. The fourth-order valence-corrected chi connectivity index (χ4v) is 4.89. The first kappa shape index (κ1) is 23.4. The van der Waals surface area contributed by atoms with Crippen molar-refractivity contribution >= 4 is 30.1 Å². The average molecular weight is 458 g/mol. The molecule has 2 nitrogen and oxygen atoms in total. The molecule has 0 N–H and O–H groups in total. The van der Waals surface area contributed by atoms with Crippen molar-refractivity contribution in [2.24, 2.45) is 0 Å². The molecule has 3 heteroatoms. The highest BCUT2D eigenvalue weighted by Gasteiger charge is 2.22. The molecule has 3 aromatic rings. The number of para-hydroxylation sites is 1. The van der Waals surface area contributed by atoms with Crippen LogP contribution in [-0.4, -0.2) is 31.1 Å². The predicted octanol–water partition coefficient (Wildman–Crippen LogP) is 7.35. The highest BCUT2D eigenvalue weighted by atomic mass is 35.5. The third-order valence-corrected chi connectivity index (χ3v) is 6.60. The van der Waals surface area contributed by atoms with Crippen LogP contribution in [0.2, 0.25) is 0 Å². The van der Waals surface area contributed by atoms with Crippen LogP contribution >= 0.6 is 12.4 Å². The number of fused-ring (bicyclic) bond motifs is 2. The summed E-state index contributed by atoms with van der Waals surface area (Å²) in [5, 5.41) is 0. The summed E-state index contributed by atoms with van der Waals surface area (Å²) in [5.74, 6) is 0.972. The first-order valence-electron chi connectivity index (χ1n) is 11.9. The number of hydrogen-bond donors (Lipinski definition) is 0. The molecule has 1 aliphatic carbocycles. The Labute approximate surface area is 204 Å². The minimum Gasteiger partial charge on any atom is -0.494 e. The van der Waals surface area contributed by atoms with E-state index < -0.39 is 0 Å². The molecule has 0 aromatic heterocycles. The summed E-state index contributed by atoms with van der Waals surface area (Å²) >= 11 is 0. The van der Waals surface area contributed by atoms with Gasteiger partial charge >= 0.3 is 0 Å². The SMILES string of the molecule is C1=Cc2ccccc2C(=C2CCN(CCCCOc3ccccc3)CC2)c2ccccc21.Cl. The van der Waals surface area contributed by atoms with Crippen molar-refractivity contribution in [2.75, 3.05) is 26.2 Å². The number of piperidine rings is 1. The van der Waals surface area contributed by atoms with E-state index in [1.165, 1.54) is 34.2 Å². The van der Waals surface area contributed by atoms with E-state index in [1.807, 2.05) is 30.3 Å². The Morgan fingerprint density at radius 3 is 1.88 bits per heavy atom. The quantitative estimate of drug-likeness (QED) is 0.280. The molecule has 5 rings (SSSR count). The number of unbranched alkanes of at least 4 members (excludes halogenated alkanes) is 1. The predicted molar refractivity (Wildman–Crippen MR) is 142 cm³/mol. The van der Waals surface area contributed by atoms with Gasteiger partial charge in [0.1, 0.15) is 5.75 Å². The second kappa shape index (κ2) is 11.4. The van der Waals surface area contributed by atoms with E-state index in [0.29, 0.717) is 0 Å². The van der Waals surface area contributed by atoms with Gasteiger partial charge in [0, 0.05) is 13.1 Å². The van der Waals surface area contributed by atoms with Crippen LogP contribution in [0, 0.1) is 0 Å². The Hall–Kier alpha value is -2.81. The highest BCUT2D eigenvalue weighted by molar-refractivity contribution is 5.94. The van der Waals surface area contributed by atoms with E-state index in [4.69, 9.17) is 4.74 Å². The number of rotatable bonds is 6. The molecule has 0 amide bonds. The Morgan fingerprint density at radius 1 is 0.667 bits per heavy atom. The molecule has 0 bridgehead atoms. The maximum absolute atomic E-state index is 5.84. The minimum atomic E-state index is 0. The second-order valence-corrected chi connectivity index (χ2v) is 8.70. The van der Waals surface area contributed by atoms with Crippen LogP contribution in [0.15, 0.2) is 84.4 Å². The zero-order chi connectivity index (χ0) is 21.6. The van der Waals surface area contributed by atoms with Gasteiger partial charge in [0.25, 0.3) is 0 Å². The van der Waals surface area contributed by atoms with Gasteiger partial charge in [0.2, 0.25) is 0 Å². The largest absolute Gasteiger partial charge is 0.494 e. The maximum Gasteiger partial charge on any atom is 0.119 e. The molecule has 170 valence electrons. The van der Waals surface area contributed by atoms with Crippen molar-refractivity contribution in [3.05, 3.63) is 107 Å². The number of benzene rings is 3. The first-order chi connectivity index (χ1) is 15.9. The van der Waals surface area contributed by atoms with Crippen LogP contribution in [0.3, 0.4) is 0 Å². The smallest absolute Gasteiger partial charge is 0.119 e. The van der Waals surface area contributed by atoms with Gasteiger partial charge < -0.3 is 9.64 Å². The summed E-state index contributed by atoms with van der Waals surface area (Å²) in [5.41, 5.74) is 8.50. The molecule has 33 heavy (non-hydrogen) atoms. The van der Waals surface area contributed by atoms with Crippen molar-refractivity contribution in [2.45, 2.75) is 25.7 Å². The number of halogens is 1. The van der Waals surface area contributed by atoms with Crippen molar-refractivity contribution in [1.82, 2.24) is 4.90 Å². The Balaban J connectivity index is 0.00000259. The minimum absolute atomic E-state index is 0. The van der Waals surface area contributed by atoms with Crippen LogP contribution in [0.4, 0.5) is 0 Å². The normalized spacial score (nSPS) is 15.3. The fraction of sp³-hybridized carbons (Fsp3) is 0.267. The van der Waals surface area contributed by atoms with Crippen molar-refractivity contribution in [1.29, 1.82) is 0 Å². The van der Waals surface area contributed by atoms with E-state index in [1.54, 1.807) is 5.57 Å². The van der Waals surface area contributed by atoms with E-state index >= 15 is 0 Å². The van der Waals surface area contributed by atoms with E-state index in [2.05, 4.69) is 65.6 Å². The van der Waals surface area contributed by atoms with E-state index in [0.717, 1.165) is 51.3 Å². The lowest BCUT2D eigenvalue weighted by molar-refractivity contribution is 0.237. The van der Waals surface area contributed by atoms with E-state index in [9.17, 15) is 0 Å². The van der Waals surface area contributed by atoms with Gasteiger partial charge in [-0.25, -0.2) is 0 Å². The lowest BCUT2D eigenvalue weighted by Crippen LogP contribution is -2.32. The van der Waals surface area contributed by atoms with Gasteiger partial charge in [-0.3, -0.25) is 0 Å². The number of nitrogens with zero attached hydrogens (tertiary/aromatic N) is 1. The third-order valence-electron chi connectivity index (χ3n) is 6.60. The van der Waals surface area contributed by atoms with Crippen molar-refractivity contribution in [3.63, 3.8) is 0 Å². The van der Waals surface area contributed by atoms with Crippen molar-refractivity contribution < 1.29 is 4.74 Å². The Morgan fingerprint density at radius 2 is 1.24 bits per heavy atom. The van der Waals surface area contributed by atoms with Gasteiger partial charge in [-0.05, 0) is 72.2 Å². The molecule has 0 spiro atoms. The van der Waals surface area contributed by atoms with E-state index in [-0.39, 0.29) is 12.4 Å². The number of likely N-dealkylation sites (tertiary alicyclic amines) is 1. The zero-order valence-corrected chi connectivity index (χ0v) is 19.9. The van der Waals surface area contributed by atoms with Gasteiger partial charge in [-0.1, -0.05) is 84.5 Å². The standard InChI is InChI=1S/C30H31NO.ClH/c1-2-12-27(13-3-1)32-23-9-8-20-31-21-18-26(19-22-31)30-28-14-6-4-10-24(28)16-17-25-11-5-7-15-29(25)30;/h1-7,10-17H,8-9,18-23H2;1H. The molecular weight excluding hydrogens is 426 g/mol. The molecular formula is C30H32ClNO. The summed E-state index contributed by atoms with van der Waals surface area (Å²) in [7, 11) is 0. The molecule has 0 radical (unpaired) electrons. The molecule has 1 saturated heterocycles. The summed E-state index contributed by atoms with van der Waals surface area (Å²) in [4.78, 5) is 2.62. The van der Waals surface area contributed by atoms with Crippen molar-refractivity contribution in [3.8, 4) is 5.75 Å². The van der Waals surface area contributed by atoms with Gasteiger partial charge in [0.15, 0.2) is 0 Å². The lowest BCUT2D eigenvalue weighted by Gasteiger charge is -2.30.